The number of hydrogen-bond acceptors (Lipinski definition) is 5. The van der Waals surface area contributed by atoms with Gasteiger partial charge in [-0.05, 0) is 67.8 Å². The predicted octanol–water partition coefficient (Wildman–Crippen LogP) is 1.24. The van der Waals surface area contributed by atoms with Crippen molar-refractivity contribution in [2.24, 2.45) is 0 Å². The lowest BCUT2D eigenvalue weighted by Crippen LogP contribution is -2.35. The summed E-state index contributed by atoms with van der Waals surface area (Å²) in [6.07, 6.45) is -1.09. The minimum Gasteiger partial charge on any atom is -0.394 e. The normalized spacial score (nSPS) is 11.7. The Morgan fingerprint density at radius 1 is 1.08 bits per heavy atom. The van der Waals surface area contributed by atoms with Crippen LogP contribution in [0.5, 0.6) is 0 Å². The Balaban J connectivity index is 3.57. The molecule has 1 atom stereocenters. The van der Waals surface area contributed by atoms with Gasteiger partial charge in [-0.2, -0.15) is 0 Å². The zero-order valence-corrected chi connectivity index (χ0v) is 20.7. The van der Waals surface area contributed by atoms with Gasteiger partial charge in [0.25, 0.3) is 11.8 Å². The van der Waals surface area contributed by atoms with Crippen molar-refractivity contribution in [2.45, 2.75) is 13.0 Å². The average Bonchev–Trinajstić information content (AvgIpc) is 2.56. The van der Waals surface area contributed by atoms with Gasteiger partial charge in [-0.3, -0.25) is 14.4 Å². The Kier molecular flexibility index (Phi) is 9.45. The Morgan fingerprint density at radius 2 is 1.62 bits per heavy atom. The van der Waals surface area contributed by atoms with Gasteiger partial charge in [-0.15, -0.1) is 0 Å². The number of carbonyl (C=O) groups excluding carboxylic acids is 3. The van der Waals surface area contributed by atoms with Crippen molar-refractivity contribution in [1.82, 2.24) is 10.2 Å². The first-order chi connectivity index (χ1) is 12.0. The minimum absolute atomic E-state index is 0.139. The van der Waals surface area contributed by atoms with Gasteiger partial charge in [0.15, 0.2) is 0 Å². The summed E-state index contributed by atoms with van der Waals surface area (Å²) in [6, 6.07) is 0. The molecular formula is C15H18I3N3O5. The molecule has 0 fully saturated rings. The number of rotatable bonds is 6. The molecule has 3 amide bonds. The summed E-state index contributed by atoms with van der Waals surface area (Å²) in [4.78, 5) is 38.2. The van der Waals surface area contributed by atoms with Gasteiger partial charge < -0.3 is 25.7 Å². The zero-order chi connectivity index (χ0) is 20.2. The average molecular weight is 701 g/mol. The molecule has 1 rings (SSSR count). The van der Waals surface area contributed by atoms with E-state index in [1.54, 1.807) is 14.1 Å². The second kappa shape index (κ2) is 10.3. The Bertz CT molecular complexity index is 740. The SMILES string of the molecule is CC(=O)Nc1c(I)c(C(=O)NCC(O)CO)c(I)c(C(=O)N(C)C)c1I. The third kappa shape index (κ3) is 5.62. The topological polar surface area (TPSA) is 119 Å². The number of carbonyl (C=O) groups is 3. The summed E-state index contributed by atoms with van der Waals surface area (Å²) in [5.41, 5.74) is 0.927. The predicted molar refractivity (Wildman–Crippen MR) is 122 cm³/mol. The molecule has 0 radical (unpaired) electrons. The molecule has 1 aromatic rings. The summed E-state index contributed by atoms with van der Waals surface area (Å²) in [7, 11) is 3.20. The molecular weight excluding hydrogens is 683 g/mol. The van der Waals surface area contributed by atoms with Gasteiger partial charge in [0, 0.05) is 31.1 Å². The first kappa shape index (κ1) is 23.8. The number of nitrogens with one attached hydrogen (secondary N) is 2. The quantitative estimate of drug-likeness (QED) is 0.334. The molecule has 1 aromatic carbocycles. The van der Waals surface area contributed by atoms with Crippen molar-refractivity contribution in [3.8, 4) is 0 Å². The van der Waals surface area contributed by atoms with Crippen LogP contribution in [0.4, 0.5) is 5.69 Å². The molecule has 144 valence electrons. The van der Waals surface area contributed by atoms with Gasteiger partial charge in [0.05, 0.1) is 36.7 Å². The Hall–Kier alpha value is -0.260. The van der Waals surface area contributed by atoms with Crippen LogP contribution < -0.4 is 10.6 Å². The number of anilines is 1. The molecule has 0 aliphatic carbocycles. The van der Waals surface area contributed by atoms with Gasteiger partial charge in [-0.1, -0.05) is 0 Å². The molecule has 0 saturated carbocycles. The van der Waals surface area contributed by atoms with Crippen LogP contribution in [0.2, 0.25) is 0 Å². The fourth-order valence-corrected chi connectivity index (χ4v) is 6.31. The van der Waals surface area contributed by atoms with Crippen LogP contribution in [0.25, 0.3) is 0 Å². The van der Waals surface area contributed by atoms with Crippen LogP contribution in [0.1, 0.15) is 27.6 Å². The number of benzene rings is 1. The first-order valence-corrected chi connectivity index (χ1v) is 10.5. The lowest BCUT2D eigenvalue weighted by Gasteiger charge is -2.21. The second-order valence-electron chi connectivity index (χ2n) is 5.49. The molecule has 0 aliphatic rings. The van der Waals surface area contributed by atoms with E-state index in [0.717, 1.165) is 0 Å². The van der Waals surface area contributed by atoms with E-state index in [2.05, 4.69) is 10.6 Å². The van der Waals surface area contributed by atoms with E-state index in [9.17, 15) is 19.5 Å². The van der Waals surface area contributed by atoms with Gasteiger partial charge in [0.1, 0.15) is 0 Å². The van der Waals surface area contributed by atoms with Gasteiger partial charge in [0.2, 0.25) is 5.91 Å². The highest BCUT2D eigenvalue weighted by Crippen LogP contribution is 2.36. The van der Waals surface area contributed by atoms with Crippen LogP contribution >= 0.6 is 67.8 Å². The van der Waals surface area contributed by atoms with Crippen molar-refractivity contribution < 1.29 is 24.6 Å². The van der Waals surface area contributed by atoms with Crippen LogP contribution in [0.3, 0.4) is 0 Å². The van der Waals surface area contributed by atoms with E-state index in [0.29, 0.717) is 22.0 Å². The van der Waals surface area contributed by atoms with Crippen LogP contribution in [-0.4, -0.2) is 66.2 Å². The smallest absolute Gasteiger partial charge is 0.255 e. The molecule has 26 heavy (non-hydrogen) atoms. The molecule has 0 heterocycles. The number of hydrogen-bond donors (Lipinski definition) is 4. The van der Waals surface area contributed by atoms with Crippen LogP contribution in [-0.2, 0) is 4.79 Å². The van der Waals surface area contributed by atoms with E-state index in [-0.39, 0.29) is 23.9 Å². The molecule has 8 nitrogen and oxygen atoms in total. The number of amides is 3. The molecule has 0 spiro atoms. The molecule has 0 saturated heterocycles. The van der Waals surface area contributed by atoms with Crippen molar-refractivity contribution in [3.05, 3.63) is 21.8 Å². The number of aliphatic hydroxyl groups is 2. The van der Waals surface area contributed by atoms with Crippen molar-refractivity contribution >= 4 is 91.2 Å². The summed E-state index contributed by atoms with van der Waals surface area (Å²) < 4.78 is 1.47. The highest BCUT2D eigenvalue weighted by Gasteiger charge is 2.29. The summed E-state index contributed by atoms with van der Waals surface area (Å²) >= 11 is 5.85. The highest BCUT2D eigenvalue weighted by molar-refractivity contribution is 14.1. The molecule has 1 unspecified atom stereocenters. The molecule has 11 heteroatoms. The highest BCUT2D eigenvalue weighted by atomic mass is 127. The third-order valence-corrected chi connectivity index (χ3v) is 6.41. The zero-order valence-electron chi connectivity index (χ0n) is 14.2. The lowest BCUT2D eigenvalue weighted by molar-refractivity contribution is -0.114. The monoisotopic (exact) mass is 701 g/mol. The summed E-state index contributed by atoms with van der Waals surface area (Å²) in [5, 5.41) is 23.5. The summed E-state index contributed by atoms with van der Waals surface area (Å²) in [5.74, 6) is -1.14. The maximum absolute atomic E-state index is 12.6. The van der Waals surface area contributed by atoms with Gasteiger partial charge >= 0.3 is 0 Å². The van der Waals surface area contributed by atoms with E-state index < -0.39 is 18.6 Å². The van der Waals surface area contributed by atoms with Crippen molar-refractivity contribution in [2.75, 3.05) is 32.6 Å². The maximum atomic E-state index is 12.6. The van der Waals surface area contributed by atoms with Crippen LogP contribution in [0.15, 0.2) is 0 Å². The fraction of sp³-hybridized carbons (Fsp3) is 0.400. The number of nitrogens with zero attached hydrogens (tertiary/aromatic N) is 1. The molecule has 0 aromatic heterocycles. The Labute approximate surface area is 191 Å². The number of halogens is 3. The van der Waals surface area contributed by atoms with Gasteiger partial charge in [-0.25, -0.2) is 0 Å². The standard InChI is InChI=1S/C15H18I3N3O5/c1-6(23)20-13-11(17)8(14(25)19-4-7(24)5-22)10(16)9(12(13)18)15(26)21(2)3/h7,22,24H,4-5H2,1-3H3,(H,19,25)(H,20,23). The Morgan fingerprint density at radius 3 is 2.08 bits per heavy atom. The summed E-state index contributed by atoms with van der Waals surface area (Å²) in [6.45, 7) is 0.720. The fourth-order valence-electron chi connectivity index (χ4n) is 1.92. The largest absolute Gasteiger partial charge is 0.394 e. The van der Waals surface area contributed by atoms with Crippen molar-refractivity contribution in [3.63, 3.8) is 0 Å². The van der Waals surface area contributed by atoms with Crippen molar-refractivity contribution in [1.29, 1.82) is 0 Å². The maximum Gasteiger partial charge on any atom is 0.255 e. The number of aliphatic hydroxyl groups excluding tert-OH is 2. The minimum atomic E-state index is -1.09. The molecule has 0 bridgehead atoms. The molecule has 4 N–H and O–H groups in total. The van der Waals surface area contributed by atoms with Crippen LogP contribution in [0, 0.1) is 10.7 Å². The lowest BCUT2D eigenvalue weighted by atomic mass is 10.1. The van der Waals surface area contributed by atoms with E-state index in [1.165, 1.54) is 11.8 Å². The second-order valence-corrected chi connectivity index (χ2v) is 8.73. The third-order valence-electron chi connectivity index (χ3n) is 3.17. The van der Waals surface area contributed by atoms with E-state index in [4.69, 9.17) is 5.11 Å². The van der Waals surface area contributed by atoms with E-state index in [1.807, 2.05) is 67.8 Å². The first-order valence-electron chi connectivity index (χ1n) is 7.29. The molecule has 0 aliphatic heterocycles. The van der Waals surface area contributed by atoms with E-state index >= 15 is 0 Å².